The van der Waals surface area contributed by atoms with Crippen LogP contribution in [0, 0.1) is 6.92 Å². The van der Waals surface area contributed by atoms with E-state index in [0.717, 1.165) is 15.4 Å². The van der Waals surface area contributed by atoms with Gasteiger partial charge in [-0.1, -0.05) is 47.5 Å². The van der Waals surface area contributed by atoms with E-state index in [1.165, 1.54) is 23.1 Å². The standard InChI is InChI=1S/C29H34ClN3O5S/c1-20(2)31-29(35)22(4)32(18-23-11-13-26(38-5)14-12-23)28(34)19-33(25-8-6-7-24(30)17-25)39(36,37)27-15-9-21(3)10-16-27/h6-17,20,22H,18-19H2,1-5H3,(H,31,35)/t22-/m0/s1. The van der Waals surface area contributed by atoms with E-state index in [1.54, 1.807) is 68.6 Å². The number of aryl methyl sites for hydroxylation is 1. The van der Waals surface area contributed by atoms with Crippen LogP contribution in [0.25, 0.3) is 0 Å². The molecule has 8 nitrogen and oxygen atoms in total. The van der Waals surface area contributed by atoms with Crippen molar-refractivity contribution in [3.05, 3.63) is 88.9 Å². The van der Waals surface area contributed by atoms with Crippen molar-refractivity contribution in [1.29, 1.82) is 0 Å². The van der Waals surface area contributed by atoms with Crippen LogP contribution in [0.2, 0.25) is 5.02 Å². The second-order valence-electron chi connectivity index (χ2n) is 9.51. The summed E-state index contributed by atoms with van der Waals surface area (Å²) in [5.41, 5.74) is 1.89. The molecule has 208 valence electrons. The lowest BCUT2D eigenvalue weighted by Gasteiger charge is -2.32. The first-order valence-corrected chi connectivity index (χ1v) is 14.3. The monoisotopic (exact) mass is 571 g/mol. The third kappa shape index (κ3) is 7.74. The number of nitrogens with one attached hydrogen (secondary N) is 1. The van der Waals surface area contributed by atoms with Gasteiger partial charge in [0, 0.05) is 17.6 Å². The predicted octanol–water partition coefficient (Wildman–Crippen LogP) is 4.79. The Labute approximate surface area is 235 Å². The molecule has 39 heavy (non-hydrogen) atoms. The summed E-state index contributed by atoms with van der Waals surface area (Å²) in [5.74, 6) is -0.242. The summed E-state index contributed by atoms with van der Waals surface area (Å²) in [5, 5.41) is 3.16. The van der Waals surface area contributed by atoms with Crippen molar-refractivity contribution < 1.29 is 22.7 Å². The molecule has 0 spiro atoms. The molecule has 0 aromatic heterocycles. The van der Waals surface area contributed by atoms with E-state index in [1.807, 2.05) is 20.8 Å². The number of halogens is 1. The van der Waals surface area contributed by atoms with Crippen molar-refractivity contribution in [1.82, 2.24) is 10.2 Å². The third-order valence-corrected chi connectivity index (χ3v) is 8.12. The van der Waals surface area contributed by atoms with E-state index in [-0.39, 0.29) is 29.1 Å². The first-order valence-electron chi connectivity index (χ1n) is 12.5. The molecule has 0 unspecified atom stereocenters. The van der Waals surface area contributed by atoms with Gasteiger partial charge in [-0.25, -0.2) is 8.42 Å². The first kappa shape index (κ1) is 30.0. The zero-order valence-electron chi connectivity index (χ0n) is 22.7. The zero-order valence-corrected chi connectivity index (χ0v) is 24.3. The van der Waals surface area contributed by atoms with Crippen molar-refractivity contribution in [2.24, 2.45) is 0 Å². The summed E-state index contributed by atoms with van der Waals surface area (Å²) in [6, 6.07) is 18.8. The summed E-state index contributed by atoms with van der Waals surface area (Å²) in [6.45, 7) is 6.69. The number of hydrogen-bond donors (Lipinski definition) is 1. The van der Waals surface area contributed by atoms with Gasteiger partial charge in [-0.05, 0) is 75.7 Å². The molecule has 3 rings (SSSR count). The topological polar surface area (TPSA) is 96.0 Å². The highest BCUT2D eigenvalue weighted by Gasteiger charge is 2.32. The Kier molecular flexibility index (Phi) is 9.99. The van der Waals surface area contributed by atoms with Crippen LogP contribution in [0.5, 0.6) is 5.75 Å². The molecule has 2 amide bonds. The molecule has 10 heteroatoms. The molecule has 0 aliphatic rings. The molecule has 1 atom stereocenters. The van der Waals surface area contributed by atoms with Crippen molar-refractivity contribution in [2.75, 3.05) is 18.0 Å². The largest absolute Gasteiger partial charge is 0.497 e. The Morgan fingerprint density at radius 2 is 1.62 bits per heavy atom. The second kappa shape index (κ2) is 13.0. The molecule has 0 saturated heterocycles. The SMILES string of the molecule is COc1ccc(CN(C(=O)CN(c2cccc(Cl)c2)S(=O)(=O)c2ccc(C)cc2)[C@@H](C)C(=O)NC(C)C)cc1. The third-order valence-electron chi connectivity index (χ3n) is 6.09. The smallest absolute Gasteiger partial charge is 0.264 e. The average molecular weight is 572 g/mol. The second-order valence-corrected chi connectivity index (χ2v) is 11.8. The molecule has 0 aliphatic heterocycles. The van der Waals surface area contributed by atoms with E-state index in [0.29, 0.717) is 10.8 Å². The van der Waals surface area contributed by atoms with Gasteiger partial charge in [-0.3, -0.25) is 13.9 Å². The molecule has 1 N–H and O–H groups in total. The molecule has 0 fully saturated rings. The van der Waals surface area contributed by atoms with Gasteiger partial charge in [-0.15, -0.1) is 0 Å². The minimum absolute atomic E-state index is 0.0354. The minimum atomic E-state index is -4.15. The maximum absolute atomic E-state index is 13.9. The number of ether oxygens (including phenoxy) is 1. The number of carbonyl (C=O) groups is 2. The van der Waals surface area contributed by atoms with Crippen LogP contribution in [0.3, 0.4) is 0 Å². The number of sulfonamides is 1. The molecule has 3 aromatic carbocycles. The van der Waals surface area contributed by atoms with E-state index in [2.05, 4.69) is 5.32 Å². The van der Waals surface area contributed by atoms with Gasteiger partial charge in [0.2, 0.25) is 11.8 Å². The van der Waals surface area contributed by atoms with Crippen LogP contribution in [-0.4, -0.2) is 50.9 Å². The van der Waals surface area contributed by atoms with Gasteiger partial charge in [0.15, 0.2) is 0 Å². The molecular weight excluding hydrogens is 538 g/mol. The maximum atomic E-state index is 13.9. The predicted molar refractivity (Wildman–Crippen MR) is 153 cm³/mol. The van der Waals surface area contributed by atoms with Crippen molar-refractivity contribution in [3.63, 3.8) is 0 Å². The summed E-state index contributed by atoms with van der Waals surface area (Å²) in [4.78, 5) is 28.3. The Morgan fingerprint density at radius 3 is 2.18 bits per heavy atom. The lowest BCUT2D eigenvalue weighted by Crippen LogP contribution is -2.52. The highest BCUT2D eigenvalue weighted by atomic mass is 35.5. The zero-order chi connectivity index (χ0) is 28.7. The molecular formula is C29H34ClN3O5S. The number of hydrogen-bond acceptors (Lipinski definition) is 5. The van der Waals surface area contributed by atoms with Crippen molar-refractivity contribution >= 4 is 39.1 Å². The van der Waals surface area contributed by atoms with Crippen LogP contribution < -0.4 is 14.4 Å². The Hall–Kier alpha value is -3.56. The molecule has 0 bridgehead atoms. The van der Waals surface area contributed by atoms with Crippen LogP contribution >= 0.6 is 11.6 Å². The normalized spacial score (nSPS) is 12.1. The number of methoxy groups -OCH3 is 1. The Morgan fingerprint density at radius 1 is 0.974 bits per heavy atom. The van der Waals surface area contributed by atoms with E-state index < -0.39 is 28.5 Å². The van der Waals surface area contributed by atoms with E-state index >= 15 is 0 Å². The fraction of sp³-hybridized carbons (Fsp3) is 0.310. The summed E-state index contributed by atoms with van der Waals surface area (Å²) in [7, 11) is -2.60. The number of benzene rings is 3. The first-order chi connectivity index (χ1) is 18.4. The molecule has 3 aromatic rings. The van der Waals surface area contributed by atoms with Gasteiger partial charge in [0.05, 0.1) is 17.7 Å². The summed E-state index contributed by atoms with van der Waals surface area (Å²) >= 11 is 6.20. The molecule has 0 saturated carbocycles. The van der Waals surface area contributed by atoms with Crippen molar-refractivity contribution in [2.45, 2.75) is 51.2 Å². The minimum Gasteiger partial charge on any atom is -0.497 e. The highest BCUT2D eigenvalue weighted by Crippen LogP contribution is 2.27. The average Bonchev–Trinajstić information content (AvgIpc) is 2.90. The summed E-state index contributed by atoms with van der Waals surface area (Å²) in [6.07, 6.45) is 0. The highest BCUT2D eigenvalue weighted by molar-refractivity contribution is 7.92. The van der Waals surface area contributed by atoms with Gasteiger partial charge in [-0.2, -0.15) is 0 Å². The quantitative estimate of drug-likeness (QED) is 0.357. The van der Waals surface area contributed by atoms with Gasteiger partial charge in [0.25, 0.3) is 10.0 Å². The van der Waals surface area contributed by atoms with Gasteiger partial charge < -0.3 is 15.0 Å². The number of rotatable bonds is 11. The van der Waals surface area contributed by atoms with Crippen LogP contribution in [0.15, 0.2) is 77.7 Å². The molecule has 0 heterocycles. The summed E-state index contributed by atoms with van der Waals surface area (Å²) < 4.78 is 33.9. The number of amides is 2. The lowest BCUT2D eigenvalue weighted by molar-refractivity contribution is -0.139. The Balaban J connectivity index is 2.02. The van der Waals surface area contributed by atoms with Crippen LogP contribution in [0.1, 0.15) is 31.9 Å². The fourth-order valence-electron chi connectivity index (χ4n) is 3.91. The molecule has 0 radical (unpaired) electrons. The van der Waals surface area contributed by atoms with Crippen LogP contribution in [-0.2, 0) is 26.2 Å². The Bertz CT molecular complexity index is 1390. The van der Waals surface area contributed by atoms with Gasteiger partial charge in [0.1, 0.15) is 18.3 Å². The maximum Gasteiger partial charge on any atom is 0.264 e. The van der Waals surface area contributed by atoms with Gasteiger partial charge >= 0.3 is 0 Å². The van der Waals surface area contributed by atoms with Crippen molar-refractivity contribution in [3.8, 4) is 5.75 Å². The van der Waals surface area contributed by atoms with Crippen LogP contribution in [0.4, 0.5) is 5.69 Å². The molecule has 0 aliphatic carbocycles. The fourth-order valence-corrected chi connectivity index (χ4v) is 5.50. The number of carbonyl (C=O) groups excluding carboxylic acids is 2. The number of anilines is 1. The lowest BCUT2D eigenvalue weighted by atomic mass is 10.1. The van der Waals surface area contributed by atoms with E-state index in [9.17, 15) is 18.0 Å². The number of nitrogens with zero attached hydrogens (tertiary/aromatic N) is 2. The van der Waals surface area contributed by atoms with E-state index in [4.69, 9.17) is 16.3 Å².